The van der Waals surface area contributed by atoms with Crippen molar-refractivity contribution in [3.05, 3.63) is 29.3 Å². The fourth-order valence-corrected chi connectivity index (χ4v) is 9.07. The lowest BCUT2D eigenvalue weighted by Crippen LogP contribution is -2.57. The summed E-state index contributed by atoms with van der Waals surface area (Å²) >= 11 is 0. The zero-order chi connectivity index (χ0) is 20.7. The summed E-state index contributed by atoms with van der Waals surface area (Å²) in [7, 11) is 0. The first-order chi connectivity index (χ1) is 13.6. The van der Waals surface area contributed by atoms with Gasteiger partial charge in [-0.05, 0) is 111 Å². The zero-order valence-electron chi connectivity index (χ0n) is 20.0. The van der Waals surface area contributed by atoms with Gasteiger partial charge in [0.15, 0.2) is 0 Å². The normalized spacial score (nSPS) is 40.0. The smallest absolute Gasteiger partial charge is 0.0443 e. The Morgan fingerprint density at radius 1 is 0.828 bits per heavy atom. The van der Waals surface area contributed by atoms with Gasteiger partial charge in [0.1, 0.15) is 0 Å². The van der Waals surface area contributed by atoms with Crippen molar-refractivity contribution in [3.8, 4) is 0 Å². The topological polar surface area (TPSA) is 3.24 Å². The molecule has 1 aromatic rings. The highest BCUT2D eigenvalue weighted by molar-refractivity contribution is 5.65. The van der Waals surface area contributed by atoms with Crippen LogP contribution in [0.25, 0.3) is 0 Å². The average Bonchev–Trinajstić information content (AvgIpc) is 2.84. The van der Waals surface area contributed by atoms with Crippen LogP contribution >= 0.6 is 0 Å². The van der Waals surface area contributed by atoms with Gasteiger partial charge in [0.05, 0.1) is 0 Å². The molecule has 1 heteroatoms. The number of hydrogen-bond acceptors (Lipinski definition) is 1. The van der Waals surface area contributed by atoms with Gasteiger partial charge < -0.3 is 4.90 Å². The van der Waals surface area contributed by atoms with Gasteiger partial charge in [0.25, 0.3) is 0 Å². The molecule has 0 radical (unpaired) electrons. The van der Waals surface area contributed by atoms with Crippen LogP contribution in [0.3, 0.4) is 0 Å². The predicted molar refractivity (Wildman–Crippen MR) is 125 cm³/mol. The average molecular weight is 394 g/mol. The molecule has 0 amide bonds. The fourth-order valence-electron chi connectivity index (χ4n) is 9.07. The van der Waals surface area contributed by atoms with E-state index in [0.717, 1.165) is 23.7 Å². The minimum atomic E-state index is 0.240. The summed E-state index contributed by atoms with van der Waals surface area (Å²) in [5.41, 5.74) is 5.52. The third-order valence-electron chi connectivity index (χ3n) is 9.80. The number of para-hydroxylation sites is 1. The van der Waals surface area contributed by atoms with Crippen LogP contribution in [-0.2, 0) is 0 Å². The molecule has 5 aliphatic rings. The predicted octanol–water partition coefficient (Wildman–Crippen LogP) is 7.75. The summed E-state index contributed by atoms with van der Waals surface area (Å²) in [6, 6.07) is 7.79. The molecule has 4 aliphatic carbocycles. The number of benzene rings is 1. The van der Waals surface area contributed by atoms with E-state index in [1.54, 1.807) is 23.2 Å². The van der Waals surface area contributed by atoms with E-state index in [2.05, 4.69) is 71.6 Å². The molecule has 1 atom stereocenters. The summed E-state index contributed by atoms with van der Waals surface area (Å²) in [5, 5.41) is 0. The Hall–Kier alpha value is -0.980. The minimum Gasteiger partial charge on any atom is -0.363 e. The molecule has 5 fully saturated rings. The van der Waals surface area contributed by atoms with Gasteiger partial charge in [-0.1, -0.05) is 45.9 Å². The van der Waals surface area contributed by atoms with Crippen molar-refractivity contribution >= 4 is 5.69 Å². The quantitative estimate of drug-likeness (QED) is 0.507. The zero-order valence-corrected chi connectivity index (χ0v) is 20.0. The Balaban J connectivity index is 1.64. The second kappa shape index (κ2) is 6.51. The largest absolute Gasteiger partial charge is 0.363 e. The van der Waals surface area contributed by atoms with Gasteiger partial charge in [0, 0.05) is 17.3 Å². The number of nitrogens with zero attached hydrogens (tertiary/aromatic N) is 1. The molecule has 1 aliphatic heterocycles. The molecule has 1 saturated heterocycles. The first-order valence-electron chi connectivity index (χ1n) is 12.6. The molecule has 160 valence electrons. The molecule has 1 aromatic carbocycles. The van der Waals surface area contributed by atoms with Crippen LogP contribution in [0.15, 0.2) is 18.2 Å². The standard InChI is InChI=1S/C28H43N/c1-17(2)24-9-8-10-25(18(3)4)26(24)29-19(5)28(16-27(29,6)7)22-12-20-11-21(14-22)15-23(28)13-20/h8-10,17-23H,11-16H2,1-7H3/t19-,20?,21?,22?,23?,28?/m1/s1. The maximum atomic E-state index is 2.94. The van der Waals surface area contributed by atoms with Crippen LogP contribution in [0.5, 0.6) is 0 Å². The van der Waals surface area contributed by atoms with Crippen LogP contribution in [0.2, 0.25) is 0 Å². The number of hydrogen-bond donors (Lipinski definition) is 0. The molecule has 4 bridgehead atoms. The second-order valence-electron chi connectivity index (χ2n) is 12.5. The summed E-state index contributed by atoms with van der Waals surface area (Å²) in [6.45, 7) is 17.3. The highest BCUT2D eigenvalue weighted by atomic mass is 15.3. The van der Waals surface area contributed by atoms with Crippen LogP contribution in [-0.4, -0.2) is 11.6 Å². The molecule has 0 N–H and O–H groups in total. The van der Waals surface area contributed by atoms with Crippen LogP contribution in [0.1, 0.15) is 110 Å². The van der Waals surface area contributed by atoms with Gasteiger partial charge >= 0.3 is 0 Å². The van der Waals surface area contributed by atoms with E-state index < -0.39 is 0 Å². The highest BCUT2D eigenvalue weighted by Crippen LogP contribution is 2.69. The third-order valence-corrected chi connectivity index (χ3v) is 9.80. The van der Waals surface area contributed by atoms with E-state index in [1.807, 2.05) is 0 Å². The van der Waals surface area contributed by atoms with Gasteiger partial charge in [-0.25, -0.2) is 0 Å². The third kappa shape index (κ3) is 2.71. The van der Waals surface area contributed by atoms with Crippen molar-refractivity contribution in [3.63, 3.8) is 0 Å². The fraction of sp³-hybridized carbons (Fsp3) is 0.786. The molecular formula is C28H43N. The van der Waals surface area contributed by atoms with Crippen molar-refractivity contribution in [2.45, 2.75) is 110 Å². The first-order valence-corrected chi connectivity index (χ1v) is 12.6. The SMILES string of the molecule is CC(C)c1cccc(C(C)C)c1N1[C@H](C)C2(CC1(C)C)C1CC3CC(C1)CC2C3. The first kappa shape index (κ1) is 20.0. The van der Waals surface area contributed by atoms with E-state index in [9.17, 15) is 0 Å². The van der Waals surface area contributed by atoms with Crippen molar-refractivity contribution in [1.82, 2.24) is 0 Å². The number of rotatable bonds is 3. The summed E-state index contributed by atoms with van der Waals surface area (Å²) in [4.78, 5) is 2.94. The Morgan fingerprint density at radius 2 is 1.31 bits per heavy atom. The molecule has 6 rings (SSSR count). The van der Waals surface area contributed by atoms with Crippen LogP contribution in [0.4, 0.5) is 5.69 Å². The Labute approximate surface area is 179 Å². The van der Waals surface area contributed by atoms with E-state index in [4.69, 9.17) is 0 Å². The lowest BCUT2D eigenvalue weighted by molar-refractivity contribution is -0.113. The lowest BCUT2D eigenvalue weighted by Gasteiger charge is -2.62. The van der Waals surface area contributed by atoms with E-state index >= 15 is 0 Å². The Kier molecular flexibility index (Phi) is 4.48. The second-order valence-corrected chi connectivity index (χ2v) is 12.5. The van der Waals surface area contributed by atoms with Crippen LogP contribution in [0, 0.1) is 29.1 Å². The van der Waals surface area contributed by atoms with Crippen molar-refractivity contribution in [1.29, 1.82) is 0 Å². The van der Waals surface area contributed by atoms with Gasteiger partial charge in [0.2, 0.25) is 0 Å². The van der Waals surface area contributed by atoms with Crippen molar-refractivity contribution in [2.75, 3.05) is 4.90 Å². The molecule has 4 saturated carbocycles. The minimum absolute atomic E-state index is 0.240. The van der Waals surface area contributed by atoms with E-state index in [1.165, 1.54) is 32.1 Å². The molecule has 1 heterocycles. The molecular weight excluding hydrogens is 350 g/mol. The van der Waals surface area contributed by atoms with Crippen molar-refractivity contribution < 1.29 is 0 Å². The summed E-state index contributed by atoms with van der Waals surface area (Å²) in [6.07, 6.45) is 9.08. The molecule has 0 unspecified atom stereocenters. The molecule has 1 spiro atoms. The number of anilines is 1. The monoisotopic (exact) mass is 393 g/mol. The van der Waals surface area contributed by atoms with Gasteiger partial charge in [-0.2, -0.15) is 0 Å². The molecule has 29 heavy (non-hydrogen) atoms. The van der Waals surface area contributed by atoms with Gasteiger partial charge in [-0.15, -0.1) is 0 Å². The molecule has 0 aromatic heterocycles. The summed E-state index contributed by atoms with van der Waals surface area (Å²) < 4.78 is 0. The Morgan fingerprint density at radius 3 is 1.76 bits per heavy atom. The summed E-state index contributed by atoms with van der Waals surface area (Å²) in [5.74, 6) is 5.21. The molecule has 1 nitrogen and oxygen atoms in total. The lowest BCUT2D eigenvalue weighted by atomic mass is 9.43. The maximum absolute atomic E-state index is 2.94. The van der Waals surface area contributed by atoms with E-state index in [-0.39, 0.29) is 5.54 Å². The van der Waals surface area contributed by atoms with E-state index in [0.29, 0.717) is 23.3 Å². The van der Waals surface area contributed by atoms with Crippen molar-refractivity contribution in [2.24, 2.45) is 29.1 Å². The maximum Gasteiger partial charge on any atom is 0.0443 e. The van der Waals surface area contributed by atoms with Gasteiger partial charge in [-0.3, -0.25) is 0 Å². The van der Waals surface area contributed by atoms with Crippen LogP contribution < -0.4 is 4.90 Å². The Bertz CT molecular complexity index is 731. The highest BCUT2D eigenvalue weighted by Gasteiger charge is 2.66.